The van der Waals surface area contributed by atoms with Crippen LogP contribution in [-0.4, -0.2) is 30.5 Å². The molecular formula is C18H22N6O. The number of hydrogen-bond donors (Lipinski definition) is 1. The molecule has 1 unspecified atom stereocenters. The van der Waals surface area contributed by atoms with Crippen LogP contribution in [0.4, 0.5) is 0 Å². The van der Waals surface area contributed by atoms with Crippen molar-refractivity contribution in [1.29, 1.82) is 0 Å². The summed E-state index contributed by atoms with van der Waals surface area (Å²) >= 11 is 0. The van der Waals surface area contributed by atoms with Crippen molar-refractivity contribution in [2.75, 3.05) is 0 Å². The summed E-state index contributed by atoms with van der Waals surface area (Å²) in [4.78, 5) is 11.9. The lowest BCUT2D eigenvalue weighted by Crippen LogP contribution is -2.49. The standard InChI is InChI=1S/C18H22N6O/c1-4-23-11-17(20-22-23)18(19-13(3)25)8-7-15-14(9-18)16-6-5-12(2)10-24(16)21-15/h5-6,10-11H,4,7-9H2,1-3H3,(H,19,25). The van der Waals surface area contributed by atoms with Crippen LogP contribution in [0.1, 0.15) is 42.8 Å². The molecule has 1 N–H and O–H groups in total. The van der Waals surface area contributed by atoms with E-state index < -0.39 is 5.54 Å². The van der Waals surface area contributed by atoms with Crippen molar-refractivity contribution in [3.05, 3.63) is 47.0 Å². The first-order valence-corrected chi connectivity index (χ1v) is 8.67. The molecule has 7 nitrogen and oxygen atoms in total. The predicted molar refractivity (Wildman–Crippen MR) is 93.1 cm³/mol. The van der Waals surface area contributed by atoms with E-state index in [1.54, 1.807) is 11.6 Å². The van der Waals surface area contributed by atoms with E-state index in [2.05, 4.69) is 34.7 Å². The average molecular weight is 338 g/mol. The van der Waals surface area contributed by atoms with Crippen LogP contribution >= 0.6 is 0 Å². The van der Waals surface area contributed by atoms with Gasteiger partial charge in [-0.05, 0) is 38.3 Å². The molecule has 1 atom stereocenters. The Bertz CT molecular complexity index is 956. The molecule has 1 aliphatic rings. The number of nitrogens with one attached hydrogen (secondary N) is 1. The number of carbonyl (C=O) groups excluding carboxylic acids is 1. The first kappa shape index (κ1) is 15.8. The van der Waals surface area contributed by atoms with Crippen LogP contribution in [0, 0.1) is 6.92 Å². The van der Waals surface area contributed by atoms with Crippen LogP contribution in [-0.2, 0) is 29.7 Å². The van der Waals surface area contributed by atoms with Gasteiger partial charge in [-0.3, -0.25) is 9.48 Å². The Balaban J connectivity index is 1.82. The Morgan fingerprint density at radius 2 is 2.20 bits per heavy atom. The number of pyridine rings is 1. The summed E-state index contributed by atoms with van der Waals surface area (Å²) in [6.45, 7) is 6.40. The van der Waals surface area contributed by atoms with E-state index in [9.17, 15) is 4.79 Å². The second-order valence-corrected chi connectivity index (χ2v) is 6.86. The van der Waals surface area contributed by atoms with Gasteiger partial charge in [-0.1, -0.05) is 11.3 Å². The van der Waals surface area contributed by atoms with Crippen molar-refractivity contribution >= 4 is 11.4 Å². The largest absolute Gasteiger partial charge is 0.345 e. The third-order valence-corrected chi connectivity index (χ3v) is 5.00. The fourth-order valence-electron chi connectivity index (χ4n) is 3.77. The normalized spacial score (nSPS) is 19.8. The quantitative estimate of drug-likeness (QED) is 0.790. The maximum atomic E-state index is 11.9. The van der Waals surface area contributed by atoms with E-state index in [1.807, 2.05) is 23.8 Å². The Labute approximate surface area is 146 Å². The summed E-state index contributed by atoms with van der Waals surface area (Å²) < 4.78 is 3.75. The Kier molecular flexibility index (Phi) is 3.59. The minimum Gasteiger partial charge on any atom is -0.345 e. The first-order valence-electron chi connectivity index (χ1n) is 8.67. The molecule has 0 aromatic carbocycles. The Morgan fingerprint density at radius 3 is 2.92 bits per heavy atom. The van der Waals surface area contributed by atoms with Gasteiger partial charge in [-0.2, -0.15) is 5.10 Å². The van der Waals surface area contributed by atoms with Crippen molar-refractivity contribution in [3.8, 4) is 0 Å². The van der Waals surface area contributed by atoms with E-state index >= 15 is 0 Å². The van der Waals surface area contributed by atoms with Crippen LogP contribution in [0.3, 0.4) is 0 Å². The molecule has 0 fully saturated rings. The van der Waals surface area contributed by atoms with E-state index in [-0.39, 0.29) is 5.91 Å². The summed E-state index contributed by atoms with van der Waals surface area (Å²) in [6.07, 6.45) is 6.23. The van der Waals surface area contributed by atoms with Crippen molar-refractivity contribution in [3.63, 3.8) is 0 Å². The van der Waals surface area contributed by atoms with Crippen LogP contribution in [0.2, 0.25) is 0 Å². The number of hydrogen-bond acceptors (Lipinski definition) is 4. The third-order valence-electron chi connectivity index (χ3n) is 5.00. The monoisotopic (exact) mass is 338 g/mol. The minimum absolute atomic E-state index is 0.0539. The zero-order chi connectivity index (χ0) is 17.6. The van der Waals surface area contributed by atoms with E-state index in [0.717, 1.165) is 36.3 Å². The molecule has 0 radical (unpaired) electrons. The molecule has 1 aliphatic carbocycles. The second-order valence-electron chi connectivity index (χ2n) is 6.86. The number of fused-ring (bicyclic) bond motifs is 3. The zero-order valence-electron chi connectivity index (χ0n) is 14.8. The fraction of sp³-hybridized carbons (Fsp3) is 0.444. The molecule has 25 heavy (non-hydrogen) atoms. The molecule has 0 aliphatic heterocycles. The molecule has 1 amide bonds. The summed E-state index contributed by atoms with van der Waals surface area (Å²) in [5, 5.41) is 16.4. The first-order chi connectivity index (χ1) is 12.0. The van der Waals surface area contributed by atoms with Crippen molar-refractivity contribution < 1.29 is 4.79 Å². The molecule has 4 rings (SSSR count). The molecule has 3 aromatic heterocycles. The molecule has 0 saturated heterocycles. The van der Waals surface area contributed by atoms with Crippen molar-refractivity contribution in [2.45, 2.75) is 52.1 Å². The molecule has 7 heteroatoms. The highest BCUT2D eigenvalue weighted by Crippen LogP contribution is 2.37. The van der Waals surface area contributed by atoms with Gasteiger partial charge in [-0.25, -0.2) is 4.52 Å². The minimum atomic E-state index is -0.527. The van der Waals surface area contributed by atoms with Gasteiger partial charge in [-0.15, -0.1) is 5.10 Å². The lowest BCUT2D eigenvalue weighted by atomic mass is 9.78. The van der Waals surface area contributed by atoms with E-state index in [0.29, 0.717) is 6.42 Å². The van der Waals surface area contributed by atoms with Gasteiger partial charge in [0.25, 0.3) is 0 Å². The molecular weight excluding hydrogens is 316 g/mol. The van der Waals surface area contributed by atoms with E-state index in [4.69, 9.17) is 5.10 Å². The molecule has 3 aromatic rings. The fourth-order valence-corrected chi connectivity index (χ4v) is 3.77. The number of aromatic nitrogens is 5. The van der Waals surface area contributed by atoms with Crippen molar-refractivity contribution in [2.24, 2.45) is 0 Å². The summed E-state index contributed by atoms with van der Waals surface area (Å²) in [7, 11) is 0. The molecule has 0 bridgehead atoms. The second kappa shape index (κ2) is 5.68. The lowest BCUT2D eigenvalue weighted by molar-refractivity contribution is -0.121. The predicted octanol–water partition coefficient (Wildman–Crippen LogP) is 1.77. The topological polar surface area (TPSA) is 77.1 Å². The molecule has 0 saturated carbocycles. The van der Waals surface area contributed by atoms with Gasteiger partial charge in [0.2, 0.25) is 5.91 Å². The SMILES string of the molecule is CCn1cc(C2(NC(C)=O)CCc3nn4cc(C)ccc4c3C2)nn1. The van der Waals surface area contributed by atoms with Gasteiger partial charge < -0.3 is 5.32 Å². The zero-order valence-corrected chi connectivity index (χ0v) is 14.8. The number of rotatable bonds is 3. The molecule has 0 spiro atoms. The molecule has 130 valence electrons. The molecule has 3 heterocycles. The number of nitrogens with zero attached hydrogens (tertiary/aromatic N) is 5. The maximum absolute atomic E-state index is 11.9. The summed E-state index contributed by atoms with van der Waals surface area (Å²) in [6, 6.07) is 4.20. The van der Waals surface area contributed by atoms with Gasteiger partial charge in [0.05, 0.1) is 22.9 Å². The Morgan fingerprint density at radius 1 is 1.36 bits per heavy atom. The summed E-state index contributed by atoms with van der Waals surface area (Å²) in [5.74, 6) is -0.0539. The highest BCUT2D eigenvalue weighted by atomic mass is 16.1. The highest BCUT2D eigenvalue weighted by molar-refractivity contribution is 5.74. The van der Waals surface area contributed by atoms with Crippen LogP contribution in [0.5, 0.6) is 0 Å². The smallest absolute Gasteiger partial charge is 0.217 e. The number of aryl methyl sites for hydroxylation is 3. The summed E-state index contributed by atoms with van der Waals surface area (Å²) in [5.41, 5.74) is 4.85. The number of amides is 1. The average Bonchev–Trinajstić information content (AvgIpc) is 3.18. The van der Waals surface area contributed by atoms with Gasteiger partial charge >= 0.3 is 0 Å². The number of carbonyl (C=O) groups is 1. The van der Waals surface area contributed by atoms with Crippen LogP contribution in [0.15, 0.2) is 24.5 Å². The van der Waals surface area contributed by atoms with Crippen LogP contribution < -0.4 is 5.32 Å². The lowest BCUT2D eigenvalue weighted by Gasteiger charge is -2.35. The highest BCUT2D eigenvalue weighted by Gasteiger charge is 2.41. The van der Waals surface area contributed by atoms with Gasteiger partial charge in [0.1, 0.15) is 5.69 Å². The maximum Gasteiger partial charge on any atom is 0.217 e. The third kappa shape index (κ3) is 2.59. The van der Waals surface area contributed by atoms with Gasteiger partial charge in [0.15, 0.2) is 0 Å². The van der Waals surface area contributed by atoms with Crippen molar-refractivity contribution in [1.82, 2.24) is 29.9 Å². The van der Waals surface area contributed by atoms with Gasteiger partial charge in [0, 0.05) is 31.6 Å². The van der Waals surface area contributed by atoms with E-state index in [1.165, 1.54) is 11.1 Å². The Hall–Kier alpha value is -2.70. The van der Waals surface area contributed by atoms with Crippen LogP contribution in [0.25, 0.3) is 5.52 Å².